The van der Waals surface area contributed by atoms with Crippen molar-refractivity contribution in [1.82, 2.24) is 20.1 Å². The molecule has 1 aliphatic heterocycles. The van der Waals surface area contributed by atoms with Crippen LogP contribution < -0.4 is 5.32 Å². The molecule has 1 fully saturated rings. The van der Waals surface area contributed by atoms with Gasteiger partial charge >= 0.3 is 0 Å². The van der Waals surface area contributed by atoms with E-state index in [1.807, 2.05) is 16.7 Å². The summed E-state index contributed by atoms with van der Waals surface area (Å²) in [7, 11) is 0. The summed E-state index contributed by atoms with van der Waals surface area (Å²) in [5.74, 6) is 1.55. The van der Waals surface area contributed by atoms with Crippen LogP contribution in [0.2, 0.25) is 0 Å². The predicted octanol–water partition coefficient (Wildman–Crippen LogP) is 2.64. The Morgan fingerprint density at radius 1 is 1.40 bits per heavy atom. The largest absolute Gasteiger partial charge is 0.373 e. The molecule has 2 N–H and O–H groups in total. The van der Waals surface area contributed by atoms with Gasteiger partial charge in [0.05, 0.1) is 19.1 Å². The van der Waals surface area contributed by atoms with Crippen molar-refractivity contribution in [3.05, 3.63) is 46.0 Å². The number of rotatable bonds is 6. The van der Waals surface area contributed by atoms with E-state index in [0.29, 0.717) is 36.8 Å². The summed E-state index contributed by atoms with van der Waals surface area (Å²) in [5, 5.41) is 10.1. The van der Waals surface area contributed by atoms with Crippen LogP contribution in [-0.4, -0.2) is 33.8 Å². The van der Waals surface area contributed by atoms with E-state index in [1.54, 1.807) is 0 Å². The van der Waals surface area contributed by atoms with E-state index in [2.05, 4.69) is 27.6 Å². The minimum atomic E-state index is -0.150. The molecular weight excluding hydrogens is 336 g/mol. The highest BCUT2D eigenvalue weighted by atomic mass is 32.1. The van der Waals surface area contributed by atoms with Crippen molar-refractivity contribution in [3.63, 3.8) is 0 Å². The zero-order chi connectivity index (χ0) is 17.2. The van der Waals surface area contributed by atoms with E-state index in [4.69, 9.17) is 17.0 Å². The fraction of sp³-hybridized carbons (Fsp3) is 0.500. The first kappa shape index (κ1) is 16.5. The maximum atomic E-state index is 12.3. The molecule has 132 valence electrons. The first-order valence-electron chi connectivity index (χ1n) is 8.83. The summed E-state index contributed by atoms with van der Waals surface area (Å²) in [6.07, 6.45) is 3.46. The van der Waals surface area contributed by atoms with E-state index >= 15 is 0 Å². The van der Waals surface area contributed by atoms with E-state index in [-0.39, 0.29) is 12.0 Å². The van der Waals surface area contributed by atoms with Gasteiger partial charge in [-0.1, -0.05) is 24.3 Å². The van der Waals surface area contributed by atoms with Gasteiger partial charge in [-0.3, -0.25) is 9.89 Å². The minimum absolute atomic E-state index is 0.00434. The molecule has 2 aliphatic rings. The van der Waals surface area contributed by atoms with Gasteiger partial charge in [-0.25, -0.2) is 0 Å². The molecule has 0 unspecified atom stereocenters. The van der Waals surface area contributed by atoms with Crippen LogP contribution in [0.25, 0.3) is 0 Å². The Kier molecular flexibility index (Phi) is 4.67. The third-order valence-corrected chi connectivity index (χ3v) is 5.16. The van der Waals surface area contributed by atoms with E-state index in [0.717, 1.165) is 17.8 Å². The van der Waals surface area contributed by atoms with Gasteiger partial charge in [0, 0.05) is 19.0 Å². The lowest BCUT2D eigenvalue weighted by Crippen LogP contribution is -2.30. The van der Waals surface area contributed by atoms with Crippen LogP contribution >= 0.6 is 12.2 Å². The molecule has 2 heterocycles. The highest BCUT2D eigenvalue weighted by Crippen LogP contribution is 2.38. The lowest BCUT2D eigenvalue weighted by atomic mass is 9.96. The van der Waals surface area contributed by atoms with E-state index in [1.165, 1.54) is 18.4 Å². The van der Waals surface area contributed by atoms with Gasteiger partial charge in [0.1, 0.15) is 5.82 Å². The number of aromatic amines is 1. The van der Waals surface area contributed by atoms with Gasteiger partial charge in [0.2, 0.25) is 5.91 Å². The summed E-state index contributed by atoms with van der Waals surface area (Å²) in [4.78, 5) is 12.3. The SMILES string of the molecule is O=C(C[C@@H]1OCCc2ccccc21)NCCn1c(C2CC2)n[nH]c1=S. The van der Waals surface area contributed by atoms with Crippen molar-refractivity contribution < 1.29 is 9.53 Å². The molecule has 2 aromatic rings. The molecule has 0 radical (unpaired) electrons. The molecule has 7 heteroatoms. The molecule has 4 rings (SSSR count). The van der Waals surface area contributed by atoms with Crippen LogP contribution in [0.5, 0.6) is 0 Å². The summed E-state index contributed by atoms with van der Waals surface area (Å²) in [6, 6.07) is 8.20. The Balaban J connectivity index is 1.32. The first-order valence-corrected chi connectivity index (χ1v) is 9.24. The first-order chi connectivity index (χ1) is 12.2. The van der Waals surface area contributed by atoms with Crippen molar-refractivity contribution in [2.24, 2.45) is 0 Å². The zero-order valence-corrected chi connectivity index (χ0v) is 14.8. The van der Waals surface area contributed by atoms with Crippen molar-refractivity contribution in [1.29, 1.82) is 0 Å². The molecule has 6 nitrogen and oxygen atoms in total. The number of carbonyl (C=O) groups excluding carboxylic acids is 1. The van der Waals surface area contributed by atoms with Gasteiger partial charge in [0.25, 0.3) is 0 Å². The molecular formula is C18H22N4O2S. The Labute approximate surface area is 151 Å². The van der Waals surface area contributed by atoms with E-state index in [9.17, 15) is 4.79 Å². The lowest BCUT2D eigenvalue weighted by molar-refractivity contribution is -0.124. The van der Waals surface area contributed by atoms with Crippen LogP contribution in [0.15, 0.2) is 24.3 Å². The van der Waals surface area contributed by atoms with Gasteiger partial charge in [-0.05, 0) is 42.6 Å². The predicted molar refractivity (Wildman–Crippen MR) is 95.9 cm³/mol. The molecule has 1 amide bonds. The van der Waals surface area contributed by atoms with Crippen molar-refractivity contribution in [3.8, 4) is 0 Å². The molecule has 1 aliphatic carbocycles. The maximum Gasteiger partial charge on any atom is 0.223 e. The smallest absolute Gasteiger partial charge is 0.223 e. The number of hydrogen-bond acceptors (Lipinski definition) is 4. The second-order valence-corrected chi connectivity index (χ2v) is 7.06. The zero-order valence-electron chi connectivity index (χ0n) is 14.0. The third kappa shape index (κ3) is 3.67. The number of nitrogens with zero attached hydrogens (tertiary/aromatic N) is 2. The number of aromatic nitrogens is 3. The van der Waals surface area contributed by atoms with Crippen molar-refractivity contribution in [2.45, 2.75) is 44.2 Å². The Hall–Kier alpha value is -1.99. The normalized spacial score (nSPS) is 19.4. The number of benzene rings is 1. The second-order valence-electron chi connectivity index (χ2n) is 6.68. The number of amides is 1. The van der Waals surface area contributed by atoms with Gasteiger partial charge < -0.3 is 14.6 Å². The summed E-state index contributed by atoms with van der Waals surface area (Å²) in [5.41, 5.74) is 2.42. The van der Waals surface area contributed by atoms with Gasteiger partial charge in [-0.2, -0.15) is 5.10 Å². The van der Waals surface area contributed by atoms with Crippen LogP contribution in [0.3, 0.4) is 0 Å². The third-order valence-electron chi connectivity index (χ3n) is 4.85. The molecule has 1 saturated carbocycles. The maximum absolute atomic E-state index is 12.3. The number of carbonyl (C=O) groups is 1. The van der Waals surface area contributed by atoms with Crippen LogP contribution in [0.1, 0.15) is 48.2 Å². The molecule has 0 saturated heterocycles. The highest BCUT2D eigenvalue weighted by Gasteiger charge is 2.29. The number of hydrogen-bond donors (Lipinski definition) is 2. The topological polar surface area (TPSA) is 71.9 Å². The fourth-order valence-electron chi connectivity index (χ4n) is 3.39. The van der Waals surface area contributed by atoms with Crippen molar-refractivity contribution in [2.75, 3.05) is 13.2 Å². The number of fused-ring (bicyclic) bond motifs is 1. The minimum Gasteiger partial charge on any atom is -0.373 e. The monoisotopic (exact) mass is 358 g/mol. The molecule has 0 spiro atoms. The van der Waals surface area contributed by atoms with Crippen LogP contribution in [0.4, 0.5) is 0 Å². The molecule has 1 aromatic carbocycles. The van der Waals surface area contributed by atoms with E-state index < -0.39 is 0 Å². The number of nitrogens with one attached hydrogen (secondary N) is 2. The number of H-pyrrole nitrogens is 1. The fourth-order valence-corrected chi connectivity index (χ4v) is 3.62. The molecule has 1 aromatic heterocycles. The molecule has 1 atom stereocenters. The van der Waals surface area contributed by atoms with Gasteiger partial charge in [-0.15, -0.1) is 0 Å². The summed E-state index contributed by atoms with van der Waals surface area (Å²) < 4.78 is 8.43. The highest BCUT2D eigenvalue weighted by molar-refractivity contribution is 7.71. The molecule has 25 heavy (non-hydrogen) atoms. The van der Waals surface area contributed by atoms with Crippen LogP contribution in [0, 0.1) is 4.77 Å². The standard InChI is InChI=1S/C18H22N4O2S/c23-16(11-15-14-4-2-1-3-12(14)7-10-24-15)19-8-9-22-17(13-5-6-13)20-21-18(22)25/h1-4,13,15H,5-11H2,(H,19,23)(H,21,25)/t15-/m0/s1. The number of ether oxygens (including phenoxy) is 1. The summed E-state index contributed by atoms with van der Waals surface area (Å²) in [6.45, 7) is 1.86. The molecule has 0 bridgehead atoms. The Morgan fingerprint density at radius 3 is 3.08 bits per heavy atom. The average Bonchev–Trinajstić information content (AvgIpc) is 3.40. The van der Waals surface area contributed by atoms with Crippen molar-refractivity contribution >= 4 is 18.1 Å². The Morgan fingerprint density at radius 2 is 2.24 bits per heavy atom. The average molecular weight is 358 g/mol. The Bertz CT molecular complexity index is 824. The van der Waals surface area contributed by atoms with Gasteiger partial charge in [0.15, 0.2) is 4.77 Å². The quantitative estimate of drug-likeness (QED) is 0.779. The summed E-state index contributed by atoms with van der Waals surface area (Å²) >= 11 is 5.29. The van der Waals surface area contributed by atoms with Crippen LogP contribution in [-0.2, 0) is 22.5 Å². The lowest BCUT2D eigenvalue weighted by Gasteiger charge is -2.25. The second kappa shape index (κ2) is 7.09.